The average Bonchev–Trinajstić information content (AvgIpc) is 2.97. The first-order chi connectivity index (χ1) is 13.6. The second-order valence-corrected chi connectivity index (χ2v) is 9.87. The first kappa shape index (κ1) is 19.1. The Morgan fingerprint density at radius 3 is 2.32 bits per heavy atom. The molecule has 1 N–H and O–H groups in total. The van der Waals surface area contributed by atoms with Gasteiger partial charge in [-0.25, -0.2) is 8.42 Å². The van der Waals surface area contributed by atoms with Gasteiger partial charge in [-0.2, -0.15) is 0 Å². The number of hydrogen-bond donors (Lipinski definition) is 1. The van der Waals surface area contributed by atoms with E-state index in [4.69, 9.17) is 4.74 Å². The highest BCUT2D eigenvalue weighted by Crippen LogP contribution is 2.48. The summed E-state index contributed by atoms with van der Waals surface area (Å²) < 4.78 is 31.3. The van der Waals surface area contributed by atoms with E-state index in [1.807, 2.05) is 60.7 Å². The fourth-order valence-corrected chi connectivity index (χ4v) is 6.94. The third-order valence-electron chi connectivity index (χ3n) is 4.72. The normalized spacial score (nSPS) is 17.2. The first-order valence-corrected chi connectivity index (χ1v) is 11.5. The molecule has 6 heteroatoms. The predicted octanol–water partition coefficient (Wildman–Crippen LogP) is 4.38. The molecular formula is C22H20O4S2. The number of aliphatic hydroxyl groups is 1. The largest absolute Gasteiger partial charge is 0.489 e. The van der Waals surface area contributed by atoms with Crippen molar-refractivity contribution in [2.24, 2.45) is 0 Å². The van der Waals surface area contributed by atoms with E-state index in [1.165, 1.54) is 11.8 Å². The second-order valence-electron chi connectivity index (χ2n) is 6.59. The van der Waals surface area contributed by atoms with Gasteiger partial charge in [-0.15, -0.1) is 11.8 Å². The maximum atomic E-state index is 12.7. The molecule has 0 bridgehead atoms. The van der Waals surface area contributed by atoms with Crippen molar-refractivity contribution in [2.75, 3.05) is 5.75 Å². The third-order valence-corrected chi connectivity index (χ3v) is 7.96. The molecule has 4 nitrogen and oxygen atoms in total. The highest BCUT2D eigenvalue weighted by atomic mass is 32.2. The summed E-state index contributed by atoms with van der Waals surface area (Å²) in [5.41, 5.74) is 2.24. The maximum absolute atomic E-state index is 12.7. The molecule has 1 unspecified atom stereocenters. The van der Waals surface area contributed by atoms with Gasteiger partial charge in [0, 0.05) is 10.5 Å². The summed E-state index contributed by atoms with van der Waals surface area (Å²) in [5.74, 6) is 0.553. The van der Waals surface area contributed by atoms with E-state index in [2.05, 4.69) is 0 Å². The van der Waals surface area contributed by atoms with Crippen LogP contribution in [0.2, 0.25) is 0 Å². The Morgan fingerprint density at radius 2 is 1.64 bits per heavy atom. The third kappa shape index (κ3) is 3.81. The fraction of sp³-hybridized carbons (Fsp3) is 0.182. The maximum Gasteiger partial charge on any atom is 0.180 e. The molecule has 0 fully saturated rings. The van der Waals surface area contributed by atoms with E-state index in [9.17, 15) is 13.5 Å². The summed E-state index contributed by atoms with van der Waals surface area (Å²) in [6.07, 6.45) is 0. The van der Waals surface area contributed by atoms with E-state index in [1.54, 1.807) is 12.1 Å². The van der Waals surface area contributed by atoms with E-state index < -0.39 is 9.84 Å². The smallest absolute Gasteiger partial charge is 0.180 e. The molecule has 28 heavy (non-hydrogen) atoms. The van der Waals surface area contributed by atoms with Crippen LogP contribution in [0.1, 0.15) is 21.9 Å². The number of hydrogen-bond acceptors (Lipinski definition) is 5. The van der Waals surface area contributed by atoms with Gasteiger partial charge in [-0.05, 0) is 35.4 Å². The summed E-state index contributed by atoms with van der Waals surface area (Å²) in [4.78, 5) is 1.30. The summed E-state index contributed by atoms with van der Waals surface area (Å²) >= 11 is 1.50. The lowest BCUT2D eigenvalue weighted by molar-refractivity contribution is 0.257. The van der Waals surface area contributed by atoms with Gasteiger partial charge < -0.3 is 9.84 Å². The molecule has 0 radical (unpaired) electrons. The Bertz CT molecular complexity index is 1060. The molecule has 1 atom stereocenters. The lowest BCUT2D eigenvalue weighted by Gasteiger charge is -2.17. The van der Waals surface area contributed by atoms with Gasteiger partial charge in [0.15, 0.2) is 9.84 Å². The van der Waals surface area contributed by atoms with Crippen LogP contribution in [0, 0.1) is 0 Å². The topological polar surface area (TPSA) is 63.6 Å². The van der Waals surface area contributed by atoms with Crippen LogP contribution in [-0.4, -0.2) is 19.3 Å². The lowest BCUT2D eigenvalue weighted by Crippen LogP contribution is -2.04. The van der Waals surface area contributed by atoms with Crippen LogP contribution in [0.5, 0.6) is 5.75 Å². The van der Waals surface area contributed by atoms with Crippen molar-refractivity contribution >= 4 is 21.6 Å². The van der Waals surface area contributed by atoms with Crippen molar-refractivity contribution in [1.29, 1.82) is 0 Å². The van der Waals surface area contributed by atoms with Crippen molar-refractivity contribution in [2.45, 2.75) is 28.3 Å². The molecular weight excluding hydrogens is 392 g/mol. The highest BCUT2D eigenvalue weighted by Gasteiger charge is 2.38. The molecule has 3 aromatic rings. The van der Waals surface area contributed by atoms with Crippen molar-refractivity contribution in [3.8, 4) is 5.75 Å². The zero-order valence-electron chi connectivity index (χ0n) is 15.1. The summed E-state index contributed by atoms with van der Waals surface area (Å²) in [5, 5.41) is 9.78. The van der Waals surface area contributed by atoms with Crippen LogP contribution in [-0.2, 0) is 23.1 Å². The van der Waals surface area contributed by atoms with Crippen molar-refractivity contribution in [1.82, 2.24) is 0 Å². The molecule has 0 aromatic heterocycles. The standard InChI is InChI=1S/C22H20O4S2/c23-13-18-19(26-14-16-7-3-1-4-8-16)11-12-21-22(18)20(15-28(21,24)25)27-17-9-5-2-6-10-17/h1-12,20,23H,13-15H2. The molecule has 0 saturated heterocycles. The number of benzene rings is 3. The zero-order chi connectivity index (χ0) is 19.6. The van der Waals surface area contributed by atoms with Gasteiger partial charge in [0.25, 0.3) is 0 Å². The van der Waals surface area contributed by atoms with E-state index in [0.717, 1.165) is 10.5 Å². The van der Waals surface area contributed by atoms with Crippen LogP contribution < -0.4 is 4.74 Å². The van der Waals surface area contributed by atoms with Crippen LogP contribution in [0.15, 0.2) is 82.6 Å². The first-order valence-electron chi connectivity index (χ1n) is 8.96. The molecule has 0 saturated carbocycles. The predicted molar refractivity (Wildman–Crippen MR) is 110 cm³/mol. The van der Waals surface area contributed by atoms with Gasteiger partial charge in [-0.3, -0.25) is 0 Å². The minimum atomic E-state index is -3.38. The fourth-order valence-electron chi connectivity index (χ4n) is 3.41. The van der Waals surface area contributed by atoms with E-state index in [-0.39, 0.29) is 17.6 Å². The number of fused-ring (bicyclic) bond motifs is 1. The van der Waals surface area contributed by atoms with Gasteiger partial charge in [0.05, 0.1) is 22.5 Å². The summed E-state index contributed by atoms with van der Waals surface area (Å²) in [7, 11) is -3.38. The van der Waals surface area contributed by atoms with Crippen LogP contribution in [0.4, 0.5) is 0 Å². The van der Waals surface area contributed by atoms with Crippen molar-refractivity contribution in [3.05, 3.63) is 89.5 Å². The number of aliphatic hydroxyl groups excluding tert-OH is 1. The Hall–Kier alpha value is -2.28. The quantitative estimate of drug-likeness (QED) is 0.651. The molecule has 3 aromatic carbocycles. The van der Waals surface area contributed by atoms with Crippen molar-refractivity contribution < 1.29 is 18.3 Å². The summed E-state index contributed by atoms with van der Waals surface area (Å²) in [6, 6.07) is 22.7. The Labute approximate surface area is 169 Å². The number of thioether (sulfide) groups is 1. The van der Waals surface area contributed by atoms with E-state index >= 15 is 0 Å². The monoisotopic (exact) mass is 412 g/mol. The lowest BCUT2D eigenvalue weighted by atomic mass is 10.0. The molecule has 144 valence electrons. The van der Waals surface area contributed by atoms with Crippen LogP contribution in [0.25, 0.3) is 0 Å². The van der Waals surface area contributed by atoms with Gasteiger partial charge in [0.2, 0.25) is 0 Å². The number of rotatable bonds is 6. The van der Waals surface area contributed by atoms with E-state index in [0.29, 0.717) is 28.4 Å². The molecule has 0 spiro atoms. The average molecular weight is 413 g/mol. The molecule has 1 heterocycles. The SMILES string of the molecule is O=S1(=O)CC(Sc2ccccc2)c2c1ccc(OCc1ccccc1)c2CO. The van der Waals surface area contributed by atoms with Gasteiger partial charge >= 0.3 is 0 Å². The van der Waals surface area contributed by atoms with Crippen LogP contribution >= 0.6 is 11.8 Å². The molecule has 4 rings (SSSR count). The molecule has 0 aliphatic carbocycles. The number of sulfone groups is 1. The second kappa shape index (κ2) is 7.99. The molecule has 1 aliphatic rings. The Balaban J connectivity index is 1.69. The Kier molecular flexibility index (Phi) is 5.44. The highest BCUT2D eigenvalue weighted by molar-refractivity contribution is 8.01. The minimum Gasteiger partial charge on any atom is -0.489 e. The molecule has 0 amide bonds. The number of ether oxygens (including phenoxy) is 1. The zero-order valence-corrected chi connectivity index (χ0v) is 16.7. The van der Waals surface area contributed by atoms with Crippen molar-refractivity contribution in [3.63, 3.8) is 0 Å². The Morgan fingerprint density at radius 1 is 0.964 bits per heavy atom. The van der Waals surface area contributed by atoms with Gasteiger partial charge in [0.1, 0.15) is 12.4 Å². The van der Waals surface area contributed by atoms with Crippen LogP contribution in [0.3, 0.4) is 0 Å². The summed E-state index contributed by atoms with van der Waals surface area (Å²) in [6.45, 7) is 0.0878. The minimum absolute atomic E-state index is 0.0248. The van der Waals surface area contributed by atoms with Gasteiger partial charge in [-0.1, -0.05) is 48.5 Å². The molecule has 1 aliphatic heterocycles.